The van der Waals surface area contributed by atoms with Crippen molar-refractivity contribution >= 4 is 44.5 Å². The molecule has 0 aliphatic heterocycles. The van der Waals surface area contributed by atoms with Crippen LogP contribution in [0.25, 0.3) is 0 Å². The summed E-state index contributed by atoms with van der Waals surface area (Å²) < 4.78 is 37.1. The van der Waals surface area contributed by atoms with Gasteiger partial charge in [-0.3, -0.25) is 23.9 Å². The molecule has 0 heterocycles. The molecule has 0 amide bonds. The van der Waals surface area contributed by atoms with Gasteiger partial charge in [0.25, 0.3) is 0 Å². The molecule has 2 aromatic carbocycles. The Morgan fingerprint density at radius 1 is 0.842 bits per heavy atom. The summed E-state index contributed by atoms with van der Waals surface area (Å²) in [5.41, 5.74) is 7.04. The fourth-order valence-electron chi connectivity index (χ4n) is 4.35. The van der Waals surface area contributed by atoms with Crippen molar-refractivity contribution in [1.29, 1.82) is 0 Å². The maximum atomic E-state index is 13.2. The monoisotopic (exact) mass is 538 g/mol. The number of sulfonamides is 1. The first-order valence-electron chi connectivity index (χ1n) is 11.7. The Balaban J connectivity index is 1.58. The first-order valence-corrected chi connectivity index (χ1v) is 13.6. The molecule has 0 bridgehead atoms. The van der Waals surface area contributed by atoms with E-state index in [9.17, 15) is 27.6 Å². The minimum atomic E-state index is -3.72. The molecule has 1 atom stereocenters. The molecule has 0 aromatic heterocycles. The van der Waals surface area contributed by atoms with E-state index in [4.69, 9.17) is 15.2 Å². The van der Waals surface area contributed by atoms with Gasteiger partial charge >= 0.3 is 0 Å². The minimum Gasteiger partial charge on any atom is -0.487 e. The van der Waals surface area contributed by atoms with Gasteiger partial charge in [0.15, 0.2) is 23.1 Å². The van der Waals surface area contributed by atoms with Crippen molar-refractivity contribution in [2.45, 2.75) is 39.4 Å². The fourth-order valence-corrected chi connectivity index (χ4v) is 4.92. The number of ether oxygens (including phenoxy) is 2. The number of allylic oxidation sites excluding steroid dienone is 4. The van der Waals surface area contributed by atoms with Gasteiger partial charge in [0.1, 0.15) is 6.10 Å². The number of carbonyl (C=O) groups is 4. The van der Waals surface area contributed by atoms with E-state index in [1.807, 2.05) is 0 Å². The molecule has 2 aromatic rings. The van der Waals surface area contributed by atoms with Gasteiger partial charge in [0.2, 0.25) is 21.6 Å². The Morgan fingerprint density at radius 2 is 1.42 bits per heavy atom. The maximum Gasteiger partial charge on any atom is 0.230 e. The number of nitrogen functional groups attached to an aromatic ring is 1. The standard InChI is InChI=1S/C27H26N2O8S/c1-13(2)36-21-11-20(31)17-9-8-15(25(28)24(17)27(21)33)10-14(3)37-22-12-19(30)16-6-5-7-18(23(16)26(22)32)29-38(4,34)35/h5-9,11-14,29H,10,28H2,1-4H3. The van der Waals surface area contributed by atoms with E-state index >= 15 is 0 Å². The summed E-state index contributed by atoms with van der Waals surface area (Å²) in [4.78, 5) is 51.5. The van der Waals surface area contributed by atoms with Gasteiger partial charge in [0, 0.05) is 35.4 Å². The van der Waals surface area contributed by atoms with Crippen molar-refractivity contribution in [1.82, 2.24) is 0 Å². The number of benzene rings is 2. The summed E-state index contributed by atoms with van der Waals surface area (Å²) in [5, 5.41) is 0. The number of anilines is 2. The molecule has 4 rings (SSSR count). The minimum absolute atomic E-state index is 0.0280. The molecule has 198 valence electrons. The number of ketones is 4. The molecular weight excluding hydrogens is 512 g/mol. The molecule has 2 aliphatic rings. The molecule has 0 saturated heterocycles. The number of hydrogen-bond acceptors (Lipinski definition) is 9. The van der Waals surface area contributed by atoms with E-state index in [1.54, 1.807) is 26.8 Å². The van der Waals surface area contributed by atoms with Crippen LogP contribution in [-0.2, 0) is 25.9 Å². The second-order valence-corrected chi connectivity index (χ2v) is 11.1. The second kappa shape index (κ2) is 9.90. The summed E-state index contributed by atoms with van der Waals surface area (Å²) in [7, 11) is -3.72. The van der Waals surface area contributed by atoms with Crippen LogP contribution in [0.4, 0.5) is 11.4 Å². The number of fused-ring (bicyclic) bond motifs is 2. The fraction of sp³-hybridized carbons (Fsp3) is 0.259. The third-order valence-electron chi connectivity index (χ3n) is 5.85. The lowest BCUT2D eigenvalue weighted by molar-refractivity contribution is 0.0782. The quantitative estimate of drug-likeness (QED) is 0.481. The highest BCUT2D eigenvalue weighted by atomic mass is 32.2. The molecule has 10 nitrogen and oxygen atoms in total. The lowest BCUT2D eigenvalue weighted by Gasteiger charge is -2.23. The zero-order chi connectivity index (χ0) is 27.9. The van der Waals surface area contributed by atoms with Crippen LogP contribution in [0.15, 0.2) is 54.0 Å². The lowest BCUT2D eigenvalue weighted by atomic mass is 9.88. The maximum absolute atomic E-state index is 13.2. The van der Waals surface area contributed by atoms with Gasteiger partial charge in [-0.2, -0.15) is 0 Å². The van der Waals surface area contributed by atoms with E-state index in [0.717, 1.165) is 18.4 Å². The Morgan fingerprint density at radius 3 is 2.03 bits per heavy atom. The van der Waals surface area contributed by atoms with Crippen molar-refractivity contribution in [3.05, 3.63) is 81.8 Å². The van der Waals surface area contributed by atoms with E-state index < -0.39 is 39.3 Å². The van der Waals surface area contributed by atoms with E-state index in [1.165, 1.54) is 24.3 Å². The average Bonchev–Trinajstić information content (AvgIpc) is 2.80. The lowest BCUT2D eigenvalue weighted by Crippen LogP contribution is -2.25. The van der Waals surface area contributed by atoms with Gasteiger partial charge in [-0.15, -0.1) is 0 Å². The first-order chi connectivity index (χ1) is 17.8. The van der Waals surface area contributed by atoms with Crippen molar-refractivity contribution in [3.63, 3.8) is 0 Å². The predicted molar refractivity (Wildman–Crippen MR) is 140 cm³/mol. The van der Waals surface area contributed by atoms with Crippen LogP contribution in [0.5, 0.6) is 0 Å². The van der Waals surface area contributed by atoms with Gasteiger partial charge in [-0.05, 0) is 38.5 Å². The molecule has 0 spiro atoms. The Kier molecular flexibility index (Phi) is 6.98. The predicted octanol–water partition coefficient (Wildman–Crippen LogP) is 3.24. The number of carbonyl (C=O) groups excluding carboxylic acids is 4. The third kappa shape index (κ3) is 5.23. The van der Waals surface area contributed by atoms with Gasteiger partial charge in [0.05, 0.1) is 29.2 Å². The zero-order valence-electron chi connectivity index (χ0n) is 21.2. The summed E-state index contributed by atoms with van der Waals surface area (Å²) in [6, 6.07) is 7.39. The molecule has 0 saturated carbocycles. The van der Waals surface area contributed by atoms with Crippen LogP contribution in [0.3, 0.4) is 0 Å². The highest BCUT2D eigenvalue weighted by Crippen LogP contribution is 2.33. The summed E-state index contributed by atoms with van der Waals surface area (Å²) in [6.07, 6.45) is 2.28. The van der Waals surface area contributed by atoms with Crippen LogP contribution in [0.2, 0.25) is 0 Å². The molecule has 0 fully saturated rings. The second-order valence-electron chi connectivity index (χ2n) is 9.37. The van der Waals surface area contributed by atoms with Crippen molar-refractivity contribution < 1.29 is 37.1 Å². The molecule has 1 unspecified atom stereocenters. The number of nitrogens with two attached hydrogens (primary N) is 1. The van der Waals surface area contributed by atoms with Crippen molar-refractivity contribution in [3.8, 4) is 0 Å². The molecule has 0 radical (unpaired) electrons. The number of rotatable bonds is 8. The third-order valence-corrected chi connectivity index (χ3v) is 6.44. The smallest absolute Gasteiger partial charge is 0.230 e. The van der Waals surface area contributed by atoms with Gasteiger partial charge in [-0.1, -0.05) is 18.2 Å². The van der Waals surface area contributed by atoms with E-state index in [-0.39, 0.29) is 57.7 Å². The molecular formula is C27H26N2O8S. The zero-order valence-corrected chi connectivity index (χ0v) is 22.0. The van der Waals surface area contributed by atoms with Crippen LogP contribution in [0, 0.1) is 0 Å². The largest absolute Gasteiger partial charge is 0.487 e. The van der Waals surface area contributed by atoms with Crippen molar-refractivity contribution in [2.75, 3.05) is 16.7 Å². The highest BCUT2D eigenvalue weighted by Gasteiger charge is 2.33. The molecule has 11 heteroatoms. The van der Waals surface area contributed by atoms with Crippen LogP contribution in [-0.4, -0.2) is 50.0 Å². The SMILES string of the molecule is CC(C)OC1=CC(=O)c2ccc(CC(C)OC3=CC(=O)c4cccc(NS(C)(=O)=O)c4C3=O)c(N)c2C1=O. The number of nitrogens with one attached hydrogen (secondary N) is 1. The normalized spacial score (nSPS) is 15.9. The molecule has 3 N–H and O–H groups in total. The Labute approximate surface area is 219 Å². The number of Topliss-reactive ketones (excluding diaryl/α,β-unsaturated/α-hetero) is 2. The van der Waals surface area contributed by atoms with Crippen LogP contribution in [0.1, 0.15) is 67.8 Å². The van der Waals surface area contributed by atoms with Gasteiger partial charge in [-0.25, -0.2) is 8.42 Å². The summed E-state index contributed by atoms with van der Waals surface area (Å²) in [5.74, 6) is -2.40. The Hall–Kier alpha value is -4.25. The summed E-state index contributed by atoms with van der Waals surface area (Å²) in [6.45, 7) is 5.11. The highest BCUT2D eigenvalue weighted by molar-refractivity contribution is 7.92. The Bertz CT molecular complexity index is 1570. The molecule has 38 heavy (non-hydrogen) atoms. The number of hydrogen-bond donors (Lipinski definition) is 2. The topological polar surface area (TPSA) is 159 Å². The summed E-state index contributed by atoms with van der Waals surface area (Å²) >= 11 is 0. The van der Waals surface area contributed by atoms with Gasteiger partial charge < -0.3 is 15.2 Å². The van der Waals surface area contributed by atoms with Crippen molar-refractivity contribution in [2.24, 2.45) is 0 Å². The first kappa shape index (κ1) is 26.8. The van der Waals surface area contributed by atoms with E-state index in [0.29, 0.717) is 5.56 Å². The molecule has 2 aliphatic carbocycles. The van der Waals surface area contributed by atoms with E-state index in [2.05, 4.69) is 4.72 Å². The van der Waals surface area contributed by atoms with Crippen LogP contribution >= 0.6 is 0 Å². The average molecular weight is 539 g/mol. The van der Waals surface area contributed by atoms with Crippen LogP contribution < -0.4 is 10.5 Å².